The molecule has 0 heterocycles. The predicted molar refractivity (Wildman–Crippen MR) is 47.1 cm³/mol. The first-order valence-electron chi connectivity index (χ1n) is 4.32. The maximum Gasteiger partial charge on any atom is 0.110 e. The zero-order chi connectivity index (χ0) is 9.42. The summed E-state index contributed by atoms with van der Waals surface area (Å²) in [5.74, 6) is 0. The molecule has 1 aromatic carbocycles. The summed E-state index contributed by atoms with van der Waals surface area (Å²) in [5, 5.41) is 28.4. The molecule has 2 rings (SSSR count). The van der Waals surface area contributed by atoms with Crippen molar-refractivity contribution in [1.29, 1.82) is 0 Å². The first-order valence-corrected chi connectivity index (χ1v) is 4.32. The lowest BCUT2D eigenvalue weighted by Crippen LogP contribution is -2.38. The molecule has 0 radical (unpaired) electrons. The smallest absolute Gasteiger partial charge is 0.110 e. The van der Waals surface area contributed by atoms with Crippen LogP contribution in [0, 0.1) is 0 Å². The van der Waals surface area contributed by atoms with E-state index >= 15 is 0 Å². The number of hydrogen-bond acceptors (Lipinski definition) is 3. The van der Waals surface area contributed by atoms with Gasteiger partial charge >= 0.3 is 0 Å². The van der Waals surface area contributed by atoms with Crippen molar-refractivity contribution in [3.8, 4) is 0 Å². The van der Waals surface area contributed by atoms with Crippen LogP contribution in [-0.4, -0.2) is 27.5 Å². The van der Waals surface area contributed by atoms with Crippen LogP contribution in [0.25, 0.3) is 0 Å². The van der Waals surface area contributed by atoms with Crippen LogP contribution in [0.5, 0.6) is 0 Å². The number of hydrogen-bond donors (Lipinski definition) is 3. The van der Waals surface area contributed by atoms with E-state index < -0.39 is 18.3 Å². The van der Waals surface area contributed by atoms with Crippen molar-refractivity contribution >= 4 is 0 Å². The van der Waals surface area contributed by atoms with Gasteiger partial charge in [-0.25, -0.2) is 0 Å². The Balaban J connectivity index is 2.43. The van der Waals surface area contributed by atoms with Gasteiger partial charge in [-0.1, -0.05) is 24.3 Å². The lowest BCUT2D eigenvalue weighted by Gasteiger charge is -2.30. The SMILES string of the molecule is O[C@@H]1[C@@H](O)Cc2ccccc2[C@@H]1O. The molecule has 0 aromatic heterocycles. The van der Waals surface area contributed by atoms with Gasteiger partial charge in [0, 0.05) is 6.42 Å². The van der Waals surface area contributed by atoms with Crippen molar-refractivity contribution in [2.24, 2.45) is 0 Å². The summed E-state index contributed by atoms with van der Waals surface area (Å²) in [6.45, 7) is 0. The van der Waals surface area contributed by atoms with Gasteiger partial charge in [0.2, 0.25) is 0 Å². The molecule has 0 spiro atoms. The van der Waals surface area contributed by atoms with Crippen LogP contribution in [0.4, 0.5) is 0 Å². The Bertz CT molecular complexity index is 311. The highest BCUT2D eigenvalue weighted by Gasteiger charge is 2.32. The fraction of sp³-hybridized carbons (Fsp3) is 0.400. The fourth-order valence-electron chi connectivity index (χ4n) is 1.75. The molecule has 1 aliphatic rings. The van der Waals surface area contributed by atoms with Crippen LogP contribution >= 0.6 is 0 Å². The van der Waals surface area contributed by atoms with Crippen molar-refractivity contribution in [2.45, 2.75) is 24.7 Å². The van der Waals surface area contributed by atoms with Crippen LogP contribution in [0.3, 0.4) is 0 Å². The summed E-state index contributed by atoms with van der Waals surface area (Å²) >= 11 is 0. The Kier molecular flexibility index (Phi) is 2.07. The molecule has 0 saturated heterocycles. The topological polar surface area (TPSA) is 60.7 Å². The number of rotatable bonds is 0. The summed E-state index contributed by atoms with van der Waals surface area (Å²) in [6.07, 6.45) is -2.46. The molecule has 0 aliphatic heterocycles. The molecule has 0 bridgehead atoms. The Morgan fingerprint density at radius 1 is 1.08 bits per heavy atom. The monoisotopic (exact) mass is 180 g/mol. The van der Waals surface area contributed by atoms with Gasteiger partial charge in [-0.15, -0.1) is 0 Å². The van der Waals surface area contributed by atoms with Gasteiger partial charge in [0.05, 0.1) is 6.10 Å². The van der Waals surface area contributed by atoms with E-state index in [-0.39, 0.29) is 0 Å². The minimum Gasteiger partial charge on any atom is -0.390 e. The molecule has 70 valence electrons. The van der Waals surface area contributed by atoms with Gasteiger partial charge in [-0.2, -0.15) is 0 Å². The van der Waals surface area contributed by atoms with Gasteiger partial charge in [0.1, 0.15) is 12.2 Å². The lowest BCUT2D eigenvalue weighted by molar-refractivity contribution is -0.0685. The minimum atomic E-state index is -1.06. The highest BCUT2D eigenvalue weighted by Crippen LogP contribution is 2.29. The average Bonchev–Trinajstić information content (AvgIpc) is 2.15. The number of fused-ring (bicyclic) bond motifs is 1. The molecule has 0 unspecified atom stereocenters. The second-order valence-electron chi connectivity index (χ2n) is 3.41. The maximum atomic E-state index is 9.59. The predicted octanol–water partition coefficient (Wildman–Crippen LogP) is -0.00210. The molecule has 3 atom stereocenters. The third-order valence-electron chi connectivity index (χ3n) is 2.52. The first-order chi connectivity index (χ1) is 6.20. The third kappa shape index (κ3) is 1.35. The molecule has 3 heteroatoms. The minimum absolute atomic E-state index is 0.411. The molecule has 0 saturated carbocycles. The summed E-state index contributed by atoms with van der Waals surface area (Å²) in [6, 6.07) is 7.30. The molecule has 3 N–H and O–H groups in total. The van der Waals surface area contributed by atoms with Crippen molar-refractivity contribution in [3.05, 3.63) is 35.4 Å². The Labute approximate surface area is 76.3 Å². The van der Waals surface area contributed by atoms with E-state index in [1.165, 1.54) is 0 Å². The van der Waals surface area contributed by atoms with Gasteiger partial charge in [-0.3, -0.25) is 0 Å². The molecule has 13 heavy (non-hydrogen) atoms. The average molecular weight is 180 g/mol. The second-order valence-corrected chi connectivity index (χ2v) is 3.41. The number of benzene rings is 1. The van der Waals surface area contributed by atoms with Crippen LogP contribution < -0.4 is 0 Å². The molecule has 0 fully saturated rings. The van der Waals surface area contributed by atoms with Crippen molar-refractivity contribution < 1.29 is 15.3 Å². The zero-order valence-electron chi connectivity index (χ0n) is 7.09. The number of aliphatic hydroxyl groups excluding tert-OH is 3. The molecule has 1 aliphatic carbocycles. The highest BCUT2D eigenvalue weighted by molar-refractivity contribution is 5.33. The second kappa shape index (κ2) is 3.10. The van der Waals surface area contributed by atoms with Crippen LogP contribution in [0.2, 0.25) is 0 Å². The Morgan fingerprint density at radius 3 is 2.54 bits per heavy atom. The van der Waals surface area contributed by atoms with Gasteiger partial charge in [-0.05, 0) is 11.1 Å². The third-order valence-corrected chi connectivity index (χ3v) is 2.52. The van der Waals surface area contributed by atoms with E-state index in [0.29, 0.717) is 6.42 Å². The largest absolute Gasteiger partial charge is 0.390 e. The first kappa shape index (κ1) is 8.69. The molecule has 1 aromatic rings. The molecule has 3 nitrogen and oxygen atoms in total. The van der Waals surface area contributed by atoms with E-state index in [4.69, 9.17) is 0 Å². The molecule has 0 amide bonds. The summed E-state index contributed by atoms with van der Waals surface area (Å²) in [4.78, 5) is 0. The van der Waals surface area contributed by atoms with Gasteiger partial charge in [0.25, 0.3) is 0 Å². The van der Waals surface area contributed by atoms with Crippen LogP contribution in [0.1, 0.15) is 17.2 Å². The van der Waals surface area contributed by atoms with Crippen molar-refractivity contribution in [2.75, 3.05) is 0 Å². The summed E-state index contributed by atoms with van der Waals surface area (Å²) in [5.41, 5.74) is 1.63. The fourth-order valence-corrected chi connectivity index (χ4v) is 1.75. The normalized spacial score (nSPS) is 32.7. The zero-order valence-corrected chi connectivity index (χ0v) is 7.09. The maximum absolute atomic E-state index is 9.59. The van der Waals surface area contributed by atoms with Gasteiger partial charge < -0.3 is 15.3 Å². The Morgan fingerprint density at radius 2 is 1.77 bits per heavy atom. The van der Waals surface area contributed by atoms with E-state index in [1.807, 2.05) is 18.2 Å². The van der Waals surface area contributed by atoms with Gasteiger partial charge in [0.15, 0.2) is 0 Å². The molecular weight excluding hydrogens is 168 g/mol. The lowest BCUT2D eigenvalue weighted by atomic mass is 9.86. The molecular formula is C10H12O3. The van der Waals surface area contributed by atoms with E-state index in [0.717, 1.165) is 11.1 Å². The highest BCUT2D eigenvalue weighted by atomic mass is 16.4. The van der Waals surface area contributed by atoms with Crippen LogP contribution in [0.15, 0.2) is 24.3 Å². The van der Waals surface area contributed by atoms with E-state index in [2.05, 4.69) is 0 Å². The van der Waals surface area contributed by atoms with E-state index in [1.54, 1.807) is 6.07 Å². The van der Waals surface area contributed by atoms with Crippen molar-refractivity contribution in [3.63, 3.8) is 0 Å². The van der Waals surface area contributed by atoms with Crippen molar-refractivity contribution in [1.82, 2.24) is 0 Å². The standard InChI is InChI=1S/C10H12O3/c11-8-5-6-3-1-2-4-7(6)9(12)10(8)13/h1-4,8-13H,5H2/t8-,9-,10+/m0/s1. The summed E-state index contributed by atoms with van der Waals surface area (Å²) in [7, 11) is 0. The van der Waals surface area contributed by atoms with E-state index in [9.17, 15) is 15.3 Å². The number of aliphatic hydroxyl groups is 3. The summed E-state index contributed by atoms with van der Waals surface area (Å²) < 4.78 is 0. The quantitative estimate of drug-likeness (QED) is 0.526. The Hall–Kier alpha value is -0.900. The van der Waals surface area contributed by atoms with Crippen LogP contribution in [-0.2, 0) is 6.42 Å².